The van der Waals surface area contributed by atoms with E-state index in [1.165, 1.54) is 6.07 Å². The van der Waals surface area contributed by atoms with Crippen molar-refractivity contribution < 1.29 is 46.0 Å². The summed E-state index contributed by atoms with van der Waals surface area (Å²) < 4.78 is 93.1. The molecular formula is C24H20F6N4O4. The van der Waals surface area contributed by atoms with Crippen molar-refractivity contribution in [2.75, 3.05) is 6.61 Å². The van der Waals surface area contributed by atoms with Crippen LogP contribution in [0, 0.1) is 17.2 Å². The number of nitrogens with zero attached hydrogens (tertiary/aromatic N) is 4. The van der Waals surface area contributed by atoms with Gasteiger partial charge in [-0.15, -0.1) is 5.10 Å². The van der Waals surface area contributed by atoms with E-state index >= 15 is 0 Å². The van der Waals surface area contributed by atoms with Crippen molar-refractivity contribution in [1.82, 2.24) is 14.3 Å². The number of benzene rings is 1. The molecule has 2 aliphatic rings. The SMILES string of the molecule is Cn1nc(OC[C@@H]2C[C@@]3(C)O[C@]2(C)c2c3c(O)n(-c3ccc(C#N)c(C(F)(F)F)c3)c2O)cc1C(F)(F)F. The first-order valence-corrected chi connectivity index (χ1v) is 11.2. The van der Waals surface area contributed by atoms with Crippen molar-refractivity contribution in [2.24, 2.45) is 13.0 Å². The summed E-state index contributed by atoms with van der Waals surface area (Å²) in [4.78, 5) is 0. The maximum absolute atomic E-state index is 13.5. The third kappa shape index (κ3) is 3.59. The molecule has 8 nitrogen and oxygen atoms in total. The molecule has 38 heavy (non-hydrogen) atoms. The second kappa shape index (κ2) is 7.83. The van der Waals surface area contributed by atoms with Crippen LogP contribution in [0.25, 0.3) is 5.69 Å². The molecule has 0 unspecified atom stereocenters. The number of hydrogen-bond acceptors (Lipinski definition) is 6. The van der Waals surface area contributed by atoms with E-state index in [9.17, 15) is 36.6 Å². The molecule has 2 bridgehead atoms. The lowest BCUT2D eigenvalue weighted by Gasteiger charge is -2.29. The van der Waals surface area contributed by atoms with E-state index in [4.69, 9.17) is 14.7 Å². The fourth-order valence-electron chi connectivity index (χ4n) is 5.61. The molecule has 3 aromatic rings. The average molecular weight is 542 g/mol. The van der Waals surface area contributed by atoms with E-state index in [-0.39, 0.29) is 35.7 Å². The molecule has 3 atom stereocenters. The van der Waals surface area contributed by atoms with Gasteiger partial charge in [0.1, 0.15) is 11.3 Å². The Morgan fingerprint density at radius 2 is 1.76 bits per heavy atom. The second-order valence-corrected chi connectivity index (χ2v) is 9.71. The van der Waals surface area contributed by atoms with E-state index in [0.717, 1.165) is 29.8 Å². The highest BCUT2D eigenvalue weighted by Crippen LogP contribution is 2.66. The number of halogens is 6. The summed E-state index contributed by atoms with van der Waals surface area (Å²) in [5.74, 6) is -1.88. The fourth-order valence-corrected chi connectivity index (χ4v) is 5.61. The van der Waals surface area contributed by atoms with Gasteiger partial charge in [-0.2, -0.15) is 31.6 Å². The number of fused-ring (bicyclic) bond motifs is 5. The number of aryl methyl sites for hydroxylation is 1. The van der Waals surface area contributed by atoms with Crippen LogP contribution in [0.2, 0.25) is 0 Å². The van der Waals surface area contributed by atoms with E-state index in [2.05, 4.69) is 5.10 Å². The second-order valence-electron chi connectivity index (χ2n) is 9.71. The predicted octanol–water partition coefficient (Wildman–Crippen LogP) is 5.09. The van der Waals surface area contributed by atoms with Crippen LogP contribution < -0.4 is 4.74 Å². The zero-order valence-corrected chi connectivity index (χ0v) is 20.1. The van der Waals surface area contributed by atoms with Crippen LogP contribution in [0.15, 0.2) is 24.3 Å². The third-order valence-corrected chi connectivity index (χ3v) is 7.27. The Balaban J connectivity index is 1.51. The molecule has 14 heteroatoms. The van der Waals surface area contributed by atoms with Crippen molar-refractivity contribution in [3.63, 3.8) is 0 Å². The molecule has 1 aromatic carbocycles. The topological polar surface area (TPSA) is 105 Å². The van der Waals surface area contributed by atoms with Gasteiger partial charge in [0.2, 0.25) is 17.6 Å². The van der Waals surface area contributed by atoms with Crippen molar-refractivity contribution in [3.8, 4) is 29.4 Å². The fraction of sp³-hybridized carbons (Fsp3) is 0.417. The van der Waals surface area contributed by atoms with Gasteiger partial charge in [-0.1, -0.05) is 0 Å². The maximum Gasteiger partial charge on any atom is 0.433 e. The van der Waals surface area contributed by atoms with Crippen LogP contribution in [0.4, 0.5) is 26.3 Å². The summed E-state index contributed by atoms with van der Waals surface area (Å²) in [5, 5.41) is 35.0. The van der Waals surface area contributed by atoms with Crippen molar-refractivity contribution in [1.29, 1.82) is 5.26 Å². The van der Waals surface area contributed by atoms with Gasteiger partial charge in [-0.3, -0.25) is 9.25 Å². The maximum atomic E-state index is 13.5. The summed E-state index contributed by atoms with van der Waals surface area (Å²) in [6.07, 6.45) is -9.26. The van der Waals surface area contributed by atoms with Crippen molar-refractivity contribution in [2.45, 2.75) is 43.8 Å². The summed E-state index contributed by atoms with van der Waals surface area (Å²) >= 11 is 0. The molecule has 0 radical (unpaired) electrons. The Labute approximate surface area is 211 Å². The quantitative estimate of drug-likeness (QED) is 0.445. The van der Waals surface area contributed by atoms with Gasteiger partial charge in [-0.25, -0.2) is 0 Å². The van der Waals surface area contributed by atoms with E-state index in [0.29, 0.717) is 10.7 Å². The van der Waals surface area contributed by atoms with Crippen LogP contribution in [0.5, 0.6) is 17.6 Å². The summed E-state index contributed by atoms with van der Waals surface area (Å²) in [7, 11) is 1.13. The Hall–Kier alpha value is -3.86. The monoisotopic (exact) mass is 542 g/mol. The smallest absolute Gasteiger partial charge is 0.433 e. The number of aromatic hydroxyl groups is 2. The molecule has 202 valence electrons. The van der Waals surface area contributed by atoms with Crippen LogP contribution in [0.1, 0.15) is 48.2 Å². The summed E-state index contributed by atoms with van der Waals surface area (Å²) in [5.41, 5.74) is -5.24. The Bertz CT molecular complexity index is 1500. The highest BCUT2D eigenvalue weighted by atomic mass is 19.4. The molecule has 0 spiro atoms. The molecule has 2 aliphatic heterocycles. The molecule has 1 fully saturated rings. The average Bonchev–Trinajstić information content (AvgIpc) is 3.47. The van der Waals surface area contributed by atoms with Crippen LogP contribution >= 0.6 is 0 Å². The zero-order valence-electron chi connectivity index (χ0n) is 20.1. The van der Waals surface area contributed by atoms with Crippen molar-refractivity contribution >= 4 is 0 Å². The number of rotatable bonds is 4. The van der Waals surface area contributed by atoms with E-state index < -0.39 is 58.1 Å². The van der Waals surface area contributed by atoms with Crippen LogP contribution in [0.3, 0.4) is 0 Å². The number of aromatic nitrogens is 3. The van der Waals surface area contributed by atoms with Gasteiger partial charge in [0.25, 0.3) is 0 Å². The highest BCUT2D eigenvalue weighted by molar-refractivity contribution is 5.62. The van der Waals surface area contributed by atoms with Crippen LogP contribution in [-0.4, -0.2) is 31.2 Å². The minimum absolute atomic E-state index is 0.132. The number of alkyl halides is 6. The molecule has 2 aromatic heterocycles. The highest BCUT2D eigenvalue weighted by Gasteiger charge is 2.64. The Morgan fingerprint density at radius 1 is 1.11 bits per heavy atom. The predicted molar refractivity (Wildman–Crippen MR) is 116 cm³/mol. The Morgan fingerprint density at radius 3 is 2.34 bits per heavy atom. The molecule has 0 aliphatic carbocycles. The summed E-state index contributed by atoms with van der Waals surface area (Å²) in [6, 6.07) is 4.99. The number of ether oxygens (including phenoxy) is 2. The molecule has 1 saturated heterocycles. The van der Waals surface area contributed by atoms with Gasteiger partial charge >= 0.3 is 12.4 Å². The van der Waals surface area contributed by atoms with Gasteiger partial charge in [0.15, 0.2) is 0 Å². The number of hydrogen-bond donors (Lipinski definition) is 2. The van der Waals surface area contributed by atoms with E-state index in [1.54, 1.807) is 13.8 Å². The molecule has 0 saturated carbocycles. The van der Waals surface area contributed by atoms with Gasteiger partial charge in [0, 0.05) is 19.0 Å². The zero-order chi connectivity index (χ0) is 28.0. The third-order valence-electron chi connectivity index (χ3n) is 7.27. The molecule has 5 rings (SSSR count). The first kappa shape index (κ1) is 25.8. The van der Waals surface area contributed by atoms with Gasteiger partial charge < -0.3 is 19.7 Å². The summed E-state index contributed by atoms with van der Waals surface area (Å²) in [6.45, 7) is 3.07. The lowest BCUT2D eigenvalue weighted by molar-refractivity contribution is -0.143. The first-order chi connectivity index (χ1) is 17.5. The van der Waals surface area contributed by atoms with Gasteiger partial charge in [-0.05, 0) is 38.5 Å². The van der Waals surface area contributed by atoms with Crippen LogP contribution in [-0.2, 0) is 35.3 Å². The number of nitriles is 1. The molecule has 0 amide bonds. The standard InChI is InChI=1S/C24H20F6N4O4/c1-21-8-12(10-37-16-7-15(24(28,29)30)33(3)32-16)22(2,38-21)18-17(21)19(35)34(20(18)36)13-5-4-11(9-31)14(6-13)23(25,26)27/h4-7,12,35-36H,8,10H2,1-3H3/t12-,21+,22-/m0/s1. The first-order valence-electron chi connectivity index (χ1n) is 11.2. The normalized spacial score (nSPS) is 24.5. The Kier molecular flexibility index (Phi) is 5.31. The molecular weight excluding hydrogens is 522 g/mol. The minimum atomic E-state index is -4.86. The molecule has 2 N–H and O–H groups in total. The minimum Gasteiger partial charge on any atom is -0.494 e. The molecule has 4 heterocycles. The lowest BCUT2D eigenvalue weighted by Crippen LogP contribution is -2.32. The van der Waals surface area contributed by atoms with E-state index in [1.807, 2.05) is 0 Å². The van der Waals surface area contributed by atoms with Gasteiger partial charge in [0.05, 0.1) is 46.2 Å². The lowest BCUT2D eigenvalue weighted by atomic mass is 9.73. The van der Waals surface area contributed by atoms with Crippen molar-refractivity contribution in [3.05, 3.63) is 52.2 Å². The largest absolute Gasteiger partial charge is 0.494 e.